The second-order valence-corrected chi connectivity index (χ2v) is 3.27. The average Bonchev–Trinajstić information content (AvgIpc) is 2.81. The van der Waals surface area contributed by atoms with Crippen LogP contribution in [0.25, 0.3) is 0 Å². The molecule has 0 radical (unpaired) electrons. The summed E-state index contributed by atoms with van der Waals surface area (Å²) in [4.78, 5) is 15.1. The van der Waals surface area contributed by atoms with E-state index in [2.05, 4.69) is 15.6 Å². The summed E-state index contributed by atoms with van der Waals surface area (Å²) in [5.74, 6) is -0.307. The molecule has 0 saturated carbocycles. The maximum atomic E-state index is 12.6. The molecule has 1 aromatic carbocycles. The van der Waals surface area contributed by atoms with Gasteiger partial charge in [0.25, 0.3) is 0 Å². The van der Waals surface area contributed by atoms with E-state index in [9.17, 15) is 9.18 Å². The maximum Gasteiger partial charge on any atom is 0.323 e. The van der Waals surface area contributed by atoms with E-state index >= 15 is 0 Å². The van der Waals surface area contributed by atoms with Gasteiger partial charge < -0.3 is 9.73 Å². The van der Waals surface area contributed by atoms with Crippen LogP contribution >= 0.6 is 0 Å². The molecule has 2 rings (SSSR count). The number of carbonyl (C=O) groups is 1. The van der Waals surface area contributed by atoms with E-state index in [1.54, 1.807) is 12.1 Å². The molecule has 17 heavy (non-hydrogen) atoms. The topological polar surface area (TPSA) is 67.2 Å². The van der Waals surface area contributed by atoms with Crippen molar-refractivity contribution in [2.45, 2.75) is 6.54 Å². The molecule has 2 aromatic rings. The molecular weight excluding hydrogens is 225 g/mol. The normalized spacial score (nSPS) is 9.94. The van der Waals surface area contributed by atoms with Crippen molar-refractivity contribution in [2.75, 3.05) is 5.32 Å². The number of rotatable bonds is 3. The molecule has 0 fully saturated rings. The third-order valence-electron chi connectivity index (χ3n) is 2.02. The first-order valence-corrected chi connectivity index (χ1v) is 4.93. The minimum Gasteiger partial charge on any atom is -0.432 e. The van der Waals surface area contributed by atoms with E-state index in [1.807, 2.05) is 0 Å². The first-order valence-electron chi connectivity index (χ1n) is 4.93. The Morgan fingerprint density at radius 1 is 1.35 bits per heavy atom. The average molecular weight is 235 g/mol. The van der Waals surface area contributed by atoms with Gasteiger partial charge >= 0.3 is 12.0 Å². The summed E-state index contributed by atoms with van der Waals surface area (Å²) < 4.78 is 17.5. The summed E-state index contributed by atoms with van der Waals surface area (Å²) >= 11 is 0. The second kappa shape index (κ2) is 5.11. The van der Waals surface area contributed by atoms with Gasteiger partial charge in [-0.2, -0.15) is 0 Å². The van der Waals surface area contributed by atoms with E-state index in [-0.39, 0.29) is 11.8 Å². The van der Waals surface area contributed by atoms with E-state index in [4.69, 9.17) is 4.42 Å². The Labute approximate surface area is 96.7 Å². The highest BCUT2D eigenvalue weighted by atomic mass is 19.1. The molecule has 6 heteroatoms. The third kappa shape index (κ3) is 3.30. The predicted molar refractivity (Wildman–Crippen MR) is 58.8 cm³/mol. The van der Waals surface area contributed by atoms with Crippen LogP contribution in [0, 0.1) is 5.82 Å². The van der Waals surface area contributed by atoms with Crippen molar-refractivity contribution in [2.24, 2.45) is 0 Å². The molecule has 2 N–H and O–H groups in total. The first-order chi connectivity index (χ1) is 8.24. The van der Waals surface area contributed by atoms with Crippen LogP contribution in [0.4, 0.5) is 15.2 Å². The largest absolute Gasteiger partial charge is 0.432 e. The lowest BCUT2D eigenvalue weighted by Crippen LogP contribution is -2.28. The minimum absolute atomic E-state index is 0.126. The van der Waals surface area contributed by atoms with E-state index < -0.39 is 6.03 Å². The summed E-state index contributed by atoms with van der Waals surface area (Å²) in [7, 11) is 0. The van der Waals surface area contributed by atoms with Crippen molar-refractivity contribution < 1.29 is 13.6 Å². The molecular formula is C11H10FN3O2. The quantitative estimate of drug-likeness (QED) is 0.856. The highest BCUT2D eigenvalue weighted by molar-refractivity contribution is 5.86. The van der Waals surface area contributed by atoms with Gasteiger partial charge in [0.2, 0.25) is 0 Å². The lowest BCUT2D eigenvalue weighted by molar-refractivity contribution is 0.251. The summed E-state index contributed by atoms with van der Waals surface area (Å²) in [5, 5.41) is 4.99. The molecule has 88 valence electrons. The molecule has 0 saturated heterocycles. The highest BCUT2D eigenvalue weighted by Gasteiger charge is 2.04. The van der Waals surface area contributed by atoms with E-state index in [0.717, 1.165) is 5.56 Å². The molecule has 0 atom stereocenters. The van der Waals surface area contributed by atoms with Crippen LogP contribution in [0.1, 0.15) is 5.56 Å². The van der Waals surface area contributed by atoms with Crippen LogP contribution in [0.2, 0.25) is 0 Å². The summed E-state index contributed by atoms with van der Waals surface area (Å²) in [6.07, 6.45) is 2.78. The molecule has 0 aliphatic rings. The fraction of sp³-hybridized carbons (Fsp3) is 0.0909. The van der Waals surface area contributed by atoms with Gasteiger partial charge in [-0.05, 0) is 17.7 Å². The second-order valence-electron chi connectivity index (χ2n) is 3.27. The molecule has 0 unspecified atom stereocenters. The Morgan fingerprint density at radius 3 is 2.76 bits per heavy atom. The first kappa shape index (κ1) is 11.1. The van der Waals surface area contributed by atoms with Crippen molar-refractivity contribution >= 4 is 12.0 Å². The van der Waals surface area contributed by atoms with Crippen LogP contribution < -0.4 is 10.6 Å². The van der Waals surface area contributed by atoms with E-state index in [0.29, 0.717) is 6.54 Å². The van der Waals surface area contributed by atoms with Gasteiger partial charge in [0.15, 0.2) is 0 Å². The van der Waals surface area contributed by atoms with Gasteiger partial charge in [0, 0.05) is 6.54 Å². The molecule has 0 bridgehead atoms. The van der Waals surface area contributed by atoms with Crippen molar-refractivity contribution in [1.82, 2.24) is 10.3 Å². The molecule has 1 heterocycles. The Hall–Kier alpha value is -2.37. The van der Waals surface area contributed by atoms with Gasteiger partial charge in [0.05, 0.1) is 6.20 Å². The van der Waals surface area contributed by atoms with Crippen LogP contribution in [0.15, 0.2) is 41.1 Å². The lowest BCUT2D eigenvalue weighted by Gasteiger charge is -2.04. The van der Waals surface area contributed by atoms with Crippen LogP contribution in [-0.4, -0.2) is 11.0 Å². The zero-order valence-corrected chi connectivity index (χ0v) is 8.81. The number of hydrogen-bond acceptors (Lipinski definition) is 3. The zero-order chi connectivity index (χ0) is 12.1. The van der Waals surface area contributed by atoms with E-state index in [1.165, 1.54) is 24.6 Å². The molecule has 0 aliphatic carbocycles. The fourth-order valence-electron chi connectivity index (χ4n) is 1.21. The molecule has 5 nitrogen and oxygen atoms in total. The number of hydrogen-bond donors (Lipinski definition) is 2. The van der Waals surface area contributed by atoms with Crippen LogP contribution in [0.3, 0.4) is 0 Å². The van der Waals surface area contributed by atoms with Crippen LogP contribution in [0.5, 0.6) is 0 Å². The number of benzene rings is 1. The fourth-order valence-corrected chi connectivity index (χ4v) is 1.21. The number of nitrogens with zero attached hydrogens (tertiary/aromatic N) is 1. The van der Waals surface area contributed by atoms with Gasteiger partial charge in [-0.25, -0.2) is 14.2 Å². The lowest BCUT2D eigenvalue weighted by atomic mass is 10.2. The number of amides is 2. The maximum absolute atomic E-state index is 12.6. The molecule has 2 amide bonds. The van der Waals surface area contributed by atoms with Gasteiger partial charge in [-0.15, -0.1) is 0 Å². The third-order valence-corrected chi connectivity index (χ3v) is 2.02. The number of oxazole rings is 1. The SMILES string of the molecule is O=C(NCc1ccc(F)cc1)Nc1ncco1. The minimum atomic E-state index is -0.434. The van der Waals surface area contributed by atoms with Gasteiger partial charge in [-0.1, -0.05) is 12.1 Å². The van der Waals surface area contributed by atoms with Crippen molar-refractivity contribution in [1.29, 1.82) is 0 Å². The number of urea groups is 1. The number of carbonyl (C=O) groups excluding carboxylic acids is 1. The Bertz CT molecular complexity index is 482. The highest BCUT2D eigenvalue weighted by Crippen LogP contribution is 2.03. The van der Waals surface area contributed by atoms with Gasteiger partial charge in [0.1, 0.15) is 12.1 Å². The summed E-state index contributed by atoms with van der Waals surface area (Å²) in [5.41, 5.74) is 0.800. The molecule has 0 aliphatic heterocycles. The van der Waals surface area contributed by atoms with Gasteiger partial charge in [-0.3, -0.25) is 5.32 Å². The number of aromatic nitrogens is 1. The smallest absolute Gasteiger partial charge is 0.323 e. The van der Waals surface area contributed by atoms with Crippen molar-refractivity contribution in [3.05, 3.63) is 48.1 Å². The standard InChI is InChI=1S/C11H10FN3O2/c12-9-3-1-8(2-4-9)7-14-10(16)15-11-13-5-6-17-11/h1-6H,7H2,(H2,13,14,15,16). The number of anilines is 1. The molecule has 0 spiro atoms. The van der Waals surface area contributed by atoms with Crippen molar-refractivity contribution in [3.8, 4) is 0 Å². The Balaban J connectivity index is 1.82. The summed E-state index contributed by atoms with van der Waals surface area (Å²) in [6.45, 7) is 0.298. The predicted octanol–water partition coefficient (Wildman–Crippen LogP) is 2.14. The molecule has 1 aromatic heterocycles. The Kier molecular flexibility index (Phi) is 3.34. The monoisotopic (exact) mass is 235 g/mol. The number of nitrogens with one attached hydrogen (secondary N) is 2. The number of halogens is 1. The van der Waals surface area contributed by atoms with Crippen molar-refractivity contribution in [3.63, 3.8) is 0 Å². The van der Waals surface area contributed by atoms with Crippen LogP contribution in [-0.2, 0) is 6.54 Å². The summed E-state index contributed by atoms with van der Waals surface area (Å²) in [6, 6.07) is 5.56. The Morgan fingerprint density at radius 2 is 2.12 bits per heavy atom. The zero-order valence-electron chi connectivity index (χ0n) is 8.81.